The lowest BCUT2D eigenvalue weighted by atomic mass is 10.1. The summed E-state index contributed by atoms with van der Waals surface area (Å²) in [4.78, 5) is 29.4. The van der Waals surface area contributed by atoms with Crippen LogP contribution in [0.25, 0.3) is 16.6 Å². The zero-order valence-electron chi connectivity index (χ0n) is 20.3. The number of ether oxygens (including phenoxy) is 1. The summed E-state index contributed by atoms with van der Waals surface area (Å²) in [6.45, 7) is 6.12. The molecule has 11 heteroatoms. The van der Waals surface area contributed by atoms with E-state index in [1.807, 2.05) is 6.21 Å². The number of aromatic amines is 1. The molecular weight excluding hydrogens is 480 g/mol. The van der Waals surface area contributed by atoms with Gasteiger partial charge in [0.15, 0.2) is 5.82 Å². The Hall–Kier alpha value is -4.43. The highest BCUT2D eigenvalue weighted by atomic mass is 19.1. The van der Waals surface area contributed by atoms with Crippen molar-refractivity contribution < 1.29 is 22.9 Å². The van der Waals surface area contributed by atoms with E-state index >= 15 is 4.39 Å². The van der Waals surface area contributed by atoms with E-state index in [9.17, 15) is 9.18 Å². The van der Waals surface area contributed by atoms with Crippen molar-refractivity contribution in [3.05, 3.63) is 59.8 Å². The molecule has 0 bridgehead atoms. The van der Waals surface area contributed by atoms with Crippen molar-refractivity contribution in [2.24, 2.45) is 5.92 Å². The number of allylic oxidation sites excluding steroid dienone is 1. The number of fused-ring (bicyclic) bond motifs is 2. The van der Waals surface area contributed by atoms with Gasteiger partial charge in [0.05, 0.1) is 35.5 Å². The minimum absolute atomic E-state index is 0.0168. The predicted octanol–water partition coefficient (Wildman–Crippen LogP) is 2.69. The van der Waals surface area contributed by atoms with Gasteiger partial charge in [-0.2, -0.15) is 4.98 Å². The summed E-state index contributed by atoms with van der Waals surface area (Å²) in [6, 6.07) is 1.08. The summed E-state index contributed by atoms with van der Waals surface area (Å²) in [5, 5.41) is 0. The Morgan fingerprint density at radius 2 is 2.22 bits per heavy atom. The molecular formula is C26H24F2N7O2+. The Bertz CT molecular complexity index is 1560. The van der Waals surface area contributed by atoms with E-state index in [0.717, 1.165) is 0 Å². The third-order valence-electron chi connectivity index (χ3n) is 6.38. The molecule has 0 aliphatic carbocycles. The van der Waals surface area contributed by atoms with Crippen LogP contribution in [0.1, 0.15) is 23.4 Å². The van der Waals surface area contributed by atoms with Gasteiger partial charge in [0, 0.05) is 25.6 Å². The number of likely N-dealkylation sites (tertiary alicyclic amines) is 1. The van der Waals surface area contributed by atoms with Crippen LogP contribution in [0.2, 0.25) is 0 Å². The Balaban J connectivity index is 1.53. The largest absolute Gasteiger partial charge is 0.383 e. The van der Waals surface area contributed by atoms with Crippen molar-refractivity contribution in [3.8, 4) is 11.8 Å². The van der Waals surface area contributed by atoms with Crippen molar-refractivity contribution >= 4 is 40.4 Å². The molecule has 5 rings (SSSR count). The lowest BCUT2D eigenvalue weighted by molar-refractivity contribution is -0.357. The molecule has 0 radical (unpaired) electrons. The number of nitrogens with one attached hydrogen (secondary N) is 1. The molecule has 37 heavy (non-hydrogen) atoms. The number of hydrogen-bond donors (Lipinski definition) is 2. The summed E-state index contributed by atoms with van der Waals surface area (Å²) in [6.07, 6.45) is 6.92. The summed E-state index contributed by atoms with van der Waals surface area (Å²) < 4.78 is 36.8. The highest BCUT2D eigenvalue weighted by molar-refractivity contribution is 5.91. The standard InChI is InChI=1S/C26H24F2N7O2/c1-4-21(36)35-10-15(7-17(35)12-37-3)9-34-11-16(22-25(29)30-13-31-26(22)34)5-6-18-19(27)8-20-24(23(18)28)33-14(2)32-20/h4,8-9,11,13,15,17H,1,7,10,12H2,2-3H3,(H,32,33)(H2,29,30,31)/q+1/b34-9+/t15?,17-/m1/s1. The highest BCUT2D eigenvalue weighted by Gasteiger charge is 2.36. The van der Waals surface area contributed by atoms with Crippen LogP contribution in [0.3, 0.4) is 0 Å². The molecule has 3 N–H and O–H groups in total. The van der Waals surface area contributed by atoms with Crippen molar-refractivity contribution in [2.75, 3.05) is 26.0 Å². The number of halogens is 2. The molecule has 0 spiro atoms. The second-order valence-corrected chi connectivity index (χ2v) is 8.87. The summed E-state index contributed by atoms with van der Waals surface area (Å²) in [5.41, 5.74) is 6.90. The van der Waals surface area contributed by atoms with Gasteiger partial charge in [0.25, 0.3) is 0 Å². The molecule has 3 aromatic rings. The maximum atomic E-state index is 15.0. The molecule has 0 saturated carbocycles. The second kappa shape index (κ2) is 9.55. The first-order valence-electron chi connectivity index (χ1n) is 11.5. The number of anilines is 1. The SMILES string of the molecule is C=CC(=O)N1CC(/C=[N+]2\C=C(C#Cc3c(F)cc4[nH]c(C)nc4c3F)c3c(N)ncnc32)C[C@@H]1COC. The number of nitrogens with zero attached hydrogens (tertiary/aromatic N) is 5. The van der Waals surface area contributed by atoms with Crippen molar-refractivity contribution in [1.29, 1.82) is 0 Å². The fourth-order valence-corrected chi connectivity index (χ4v) is 4.79. The molecule has 2 aliphatic rings. The molecule has 2 aliphatic heterocycles. The molecule has 1 saturated heterocycles. The number of aryl methyl sites for hydroxylation is 1. The Morgan fingerprint density at radius 3 is 2.97 bits per heavy atom. The van der Waals surface area contributed by atoms with Crippen LogP contribution >= 0.6 is 0 Å². The molecule has 4 heterocycles. The topological polar surface area (TPSA) is 113 Å². The molecule has 188 valence electrons. The van der Waals surface area contributed by atoms with Gasteiger partial charge in [-0.1, -0.05) is 18.4 Å². The fraction of sp³-hybridized carbons (Fsp3) is 0.269. The number of aromatic nitrogens is 4. The van der Waals surface area contributed by atoms with Gasteiger partial charge in [0.2, 0.25) is 12.2 Å². The third-order valence-corrected chi connectivity index (χ3v) is 6.38. The summed E-state index contributed by atoms with van der Waals surface area (Å²) >= 11 is 0. The first kappa shape index (κ1) is 24.3. The number of rotatable bonds is 4. The summed E-state index contributed by atoms with van der Waals surface area (Å²) in [5.74, 6) is 4.77. The first-order valence-corrected chi connectivity index (χ1v) is 11.5. The van der Waals surface area contributed by atoms with Crippen LogP contribution in [-0.4, -0.2) is 67.8 Å². The average Bonchev–Trinajstić information content (AvgIpc) is 3.55. The first-order chi connectivity index (χ1) is 17.8. The quantitative estimate of drug-likeness (QED) is 0.321. The van der Waals surface area contributed by atoms with E-state index in [1.165, 1.54) is 18.5 Å². The molecule has 1 aromatic carbocycles. The Kier molecular flexibility index (Phi) is 6.27. The third kappa shape index (κ3) is 4.36. The lowest BCUT2D eigenvalue weighted by Gasteiger charge is -2.22. The van der Waals surface area contributed by atoms with Gasteiger partial charge in [-0.05, 0) is 24.4 Å². The summed E-state index contributed by atoms with van der Waals surface area (Å²) in [7, 11) is 1.59. The smallest absolute Gasteiger partial charge is 0.341 e. The Labute approximate surface area is 211 Å². The molecule has 1 amide bonds. The molecule has 9 nitrogen and oxygen atoms in total. The number of amides is 1. The maximum Gasteiger partial charge on any atom is 0.341 e. The normalized spacial score (nSPS) is 19.6. The van der Waals surface area contributed by atoms with E-state index in [4.69, 9.17) is 10.5 Å². The lowest BCUT2D eigenvalue weighted by Crippen LogP contribution is -2.37. The van der Waals surface area contributed by atoms with Gasteiger partial charge >= 0.3 is 5.82 Å². The average molecular weight is 505 g/mol. The highest BCUT2D eigenvalue weighted by Crippen LogP contribution is 2.35. The monoisotopic (exact) mass is 504 g/mol. The minimum Gasteiger partial charge on any atom is -0.383 e. The Morgan fingerprint density at radius 1 is 1.41 bits per heavy atom. The number of benzene rings is 1. The molecule has 2 aromatic heterocycles. The van der Waals surface area contributed by atoms with Crippen molar-refractivity contribution in [3.63, 3.8) is 0 Å². The number of imidazole rings is 1. The van der Waals surface area contributed by atoms with E-state index in [-0.39, 0.29) is 34.7 Å². The number of methoxy groups -OCH3 is 1. The van der Waals surface area contributed by atoms with Crippen LogP contribution in [-0.2, 0) is 9.53 Å². The van der Waals surface area contributed by atoms with E-state index in [2.05, 4.69) is 38.4 Å². The van der Waals surface area contributed by atoms with Gasteiger partial charge < -0.3 is 20.4 Å². The number of H-pyrrole nitrogens is 1. The molecule has 1 unspecified atom stereocenters. The number of carbonyl (C=O) groups excluding carboxylic acids is 1. The zero-order chi connectivity index (χ0) is 26.3. The number of nitrogen functional groups attached to an aromatic ring is 1. The van der Waals surface area contributed by atoms with Gasteiger partial charge in [-0.3, -0.25) is 4.79 Å². The second-order valence-electron chi connectivity index (χ2n) is 8.87. The number of hydrogen-bond acceptors (Lipinski definition) is 6. The van der Waals surface area contributed by atoms with Crippen LogP contribution < -0.4 is 5.73 Å². The van der Waals surface area contributed by atoms with Crippen molar-refractivity contribution in [2.45, 2.75) is 19.4 Å². The van der Waals surface area contributed by atoms with Crippen LogP contribution in [0.4, 0.5) is 20.4 Å². The van der Waals surface area contributed by atoms with Crippen molar-refractivity contribution in [1.82, 2.24) is 24.8 Å². The van der Waals surface area contributed by atoms with Gasteiger partial charge in [-0.25, -0.2) is 18.3 Å². The molecule has 2 atom stereocenters. The number of nitrogens with two attached hydrogens (primary N) is 1. The van der Waals surface area contributed by atoms with Crippen LogP contribution in [0.15, 0.2) is 31.2 Å². The van der Waals surface area contributed by atoms with E-state index < -0.39 is 17.2 Å². The maximum absolute atomic E-state index is 15.0. The van der Waals surface area contributed by atoms with E-state index in [0.29, 0.717) is 42.4 Å². The minimum atomic E-state index is -0.839. The fourth-order valence-electron chi connectivity index (χ4n) is 4.79. The van der Waals surface area contributed by atoms with Gasteiger partial charge in [-0.15, -0.1) is 0 Å². The van der Waals surface area contributed by atoms with Crippen LogP contribution in [0, 0.1) is 36.3 Å². The van der Waals surface area contributed by atoms with E-state index in [1.54, 1.807) is 29.7 Å². The zero-order valence-corrected chi connectivity index (χ0v) is 20.3. The predicted molar refractivity (Wildman–Crippen MR) is 134 cm³/mol. The van der Waals surface area contributed by atoms with Gasteiger partial charge in [0.1, 0.15) is 34.7 Å². The van der Waals surface area contributed by atoms with Crippen LogP contribution in [0.5, 0.6) is 0 Å². The molecule has 1 fully saturated rings. The number of carbonyl (C=O) groups is 1.